The van der Waals surface area contributed by atoms with Crippen LogP contribution in [0, 0.1) is 0 Å². The lowest BCUT2D eigenvalue weighted by molar-refractivity contribution is 0.596. The second-order valence-corrected chi connectivity index (χ2v) is 8.72. The number of nitrogens with one attached hydrogen (secondary N) is 1. The molecule has 1 N–H and O–H groups in total. The van der Waals surface area contributed by atoms with Crippen LogP contribution in [0.4, 0.5) is 0 Å². The fourth-order valence-corrected chi connectivity index (χ4v) is 5.25. The molecule has 1 aliphatic rings. The molecule has 2 heterocycles. The Labute approximate surface area is 148 Å². The van der Waals surface area contributed by atoms with Crippen molar-refractivity contribution < 1.29 is 8.42 Å². The highest BCUT2D eigenvalue weighted by molar-refractivity contribution is 7.91. The average molecular weight is 354 g/mol. The molecule has 0 aliphatic carbocycles. The lowest BCUT2D eigenvalue weighted by Gasteiger charge is -2.12. The van der Waals surface area contributed by atoms with Crippen LogP contribution >= 0.6 is 0 Å². The summed E-state index contributed by atoms with van der Waals surface area (Å²) in [5.74, 6) is 0.407. The van der Waals surface area contributed by atoms with Crippen LogP contribution in [0.2, 0.25) is 0 Å². The van der Waals surface area contributed by atoms with E-state index in [9.17, 15) is 8.42 Å². The molecule has 1 aliphatic heterocycles. The van der Waals surface area contributed by atoms with Crippen LogP contribution in [0.1, 0.15) is 24.1 Å². The van der Waals surface area contributed by atoms with Gasteiger partial charge in [0.15, 0.2) is 0 Å². The maximum atomic E-state index is 13.0. The molecule has 4 nitrogen and oxygen atoms in total. The monoisotopic (exact) mass is 354 g/mol. The highest BCUT2D eigenvalue weighted by Gasteiger charge is 2.24. The van der Waals surface area contributed by atoms with Gasteiger partial charge in [0, 0.05) is 36.1 Å². The van der Waals surface area contributed by atoms with Crippen LogP contribution in [0.15, 0.2) is 58.3 Å². The number of hydrogen-bond acceptors (Lipinski definition) is 3. The standard InChI is InChI=1S/C20H22N2O2S/c1-14-13-21-11-10-17-18-12-16(8-9-19(18)22(2)20(14)17)25(23,24)15-6-4-3-5-7-15/h3-9,12,14,21H,10-11,13H2,1-2H3. The summed E-state index contributed by atoms with van der Waals surface area (Å²) < 4.78 is 28.2. The van der Waals surface area contributed by atoms with Crippen LogP contribution in [0.5, 0.6) is 0 Å². The zero-order valence-electron chi connectivity index (χ0n) is 14.5. The SMILES string of the molecule is CC1CNCCc2c1n(C)c1ccc(S(=O)(=O)c3ccccc3)cc21. The molecule has 1 atom stereocenters. The van der Waals surface area contributed by atoms with Gasteiger partial charge in [0.1, 0.15) is 0 Å². The lowest BCUT2D eigenvalue weighted by atomic mass is 10.0. The van der Waals surface area contributed by atoms with Gasteiger partial charge < -0.3 is 9.88 Å². The Hall–Kier alpha value is -2.11. The minimum Gasteiger partial charge on any atom is -0.347 e. The predicted molar refractivity (Wildman–Crippen MR) is 99.8 cm³/mol. The van der Waals surface area contributed by atoms with Gasteiger partial charge in [-0.15, -0.1) is 0 Å². The van der Waals surface area contributed by atoms with Gasteiger partial charge in [-0.25, -0.2) is 8.42 Å². The van der Waals surface area contributed by atoms with Crippen molar-refractivity contribution in [1.82, 2.24) is 9.88 Å². The molecule has 0 saturated carbocycles. The van der Waals surface area contributed by atoms with Crippen molar-refractivity contribution in [2.45, 2.75) is 29.1 Å². The van der Waals surface area contributed by atoms with E-state index in [-0.39, 0.29) is 0 Å². The summed E-state index contributed by atoms with van der Waals surface area (Å²) in [5.41, 5.74) is 3.69. The number of sulfone groups is 1. The van der Waals surface area contributed by atoms with E-state index in [1.807, 2.05) is 18.2 Å². The molecular formula is C20H22N2O2S. The Morgan fingerprint density at radius 3 is 2.60 bits per heavy atom. The molecule has 0 saturated heterocycles. The average Bonchev–Trinajstić information content (AvgIpc) is 2.77. The second kappa shape index (κ2) is 6.00. The summed E-state index contributed by atoms with van der Waals surface area (Å²) in [6, 6.07) is 14.2. The summed E-state index contributed by atoms with van der Waals surface area (Å²) in [7, 11) is -1.42. The van der Waals surface area contributed by atoms with Crippen molar-refractivity contribution in [2.24, 2.45) is 7.05 Å². The van der Waals surface area contributed by atoms with Crippen molar-refractivity contribution in [3.8, 4) is 0 Å². The molecule has 0 bridgehead atoms. The van der Waals surface area contributed by atoms with Gasteiger partial charge in [-0.1, -0.05) is 25.1 Å². The van der Waals surface area contributed by atoms with Gasteiger partial charge in [-0.05, 0) is 48.9 Å². The van der Waals surface area contributed by atoms with Gasteiger partial charge >= 0.3 is 0 Å². The quantitative estimate of drug-likeness (QED) is 0.768. The summed E-state index contributed by atoms with van der Waals surface area (Å²) in [6.45, 7) is 4.09. The Balaban J connectivity index is 1.93. The van der Waals surface area contributed by atoms with E-state index in [2.05, 4.69) is 23.9 Å². The molecule has 3 aromatic rings. The highest BCUT2D eigenvalue weighted by Crippen LogP contribution is 2.34. The van der Waals surface area contributed by atoms with Crippen LogP contribution in [-0.4, -0.2) is 26.1 Å². The third-order valence-corrected chi connectivity index (χ3v) is 6.93. The van der Waals surface area contributed by atoms with Crippen LogP contribution in [0.3, 0.4) is 0 Å². The Morgan fingerprint density at radius 2 is 1.84 bits per heavy atom. The van der Waals surface area contributed by atoms with Gasteiger partial charge in [-0.2, -0.15) is 0 Å². The molecule has 0 spiro atoms. The van der Waals surface area contributed by atoms with E-state index in [1.165, 1.54) is 11.3 Å². The molecule has 25 heavy (non-hydrogen) atoms. The molecular weight excluding hydrogens is 332 g/mol. The third kappa shape index (κ3) is 2.58. The first-order valence-electron chi connectivity index (χ1n) is 8.62. The van der Waals surface area contributed by atoms with Gasteiger partial charge in [-0.3, -0.25) is 0 Å². The minimum absolute atomic E-state index is 0.339. The van der Waals surface area contributed by atoms with E-state index in [4.69, 9.17) is 0 Å². The minimum atomic E-state index is -3.50. The number of benzene rings is 2. The number of aromatic nitrogens is 1. The van der Waals surface area contributed by atoms with E-state index < -0.39 is 9.84 Å². The normalized spacial score (nSPS) is 18.1. The van der Waals surface area contributed by atoms with Crippen molar-refractivity contribution in [3.63, 3.8) is 0 Å². The molecule has 1 unspecified atom stereocenters. The summed E-state index contributed by atoms with van der Waals surface area (Å²) in [5, 5.41) is 4.52. The first kappa shape index (κ1) is 16.4. The lowest BCUT2D eigenvalue weighted by Crippen LogP contribution is -2.19. The second-order valence-electron chi connectivity index (χ2n) is 6.77. The number of fused-ring (bicyclic) bond motifs is 3. The predicted octanol–water partition coefficient (Wildman–Crippen LogP) is 3.26. The first-order chi connectivity index (χ1) is 12.0. The maximum Gasteiger partial charge on any atom is 0.206 e. The van der Waals surface area contributed by atoms with Crippen LogP contribution in [0.25, 0.3) is 10.9 Å². The first-order valence-corrected chi connectivity index (χ1v) is 10.1. The van der Waals surface area contributed by atoms with Gasteiger partial charge in [0.05, 0.1) is 9.79 Å². The summed E-state index contributed by atoms with van der Waals surface area (Å²) in [6.07, 6.45) is 0.922. The van der Waals surface area contributed by atoms with Crippen molar-refractivity contribution in [1.29, 1.82) is 0 Å². The zero-order chi connectivity index (χ0) is 17.6. The number of nitrogens with zero attached hydrogens (tertiary/aromatic N) is 1. The van der Waals surface area contributed by atoms with E-state index in [0.29, 0.717) is 15.7 Å². The topological polar surface area (TPSA) is 51.1 Å². The van der Waals surface area contributed by atoms with E-state index >= 15 is 0 Å². The molecule has 130 valence electrons. The summed E-state index contributed by atoms with van der Waals surface area (Å²) >= 11 is 0. The highest BCUT2D eigenvalue weighted by atomic mass is 32.2. The smallest absolute Gasteiger partial charge is 0.206 e. The largest absolute Gasteiger partial charge is 0.347 e. The maximum absolute atomic E-state index is 13.0. The van der Waals surface area contributed by atoms with Crippen molar-refractivity contribution >= 4 is 20.7 Å². The third-order valence-electron chi connectivity index (χ3n) is 5.16. The fraction of sp³-hybridized carbons (Fsp3) is 0.300. The molecule has 4 rings (SSSR count). The van der Waals surface area contributed by atoms with Crippen LogP contribution in [-0.2, 0) is 23.3 Å². The van der Waals surface area contributed by atoms with E-state index in [0.717, 1.165) is 30.4 Å². The Morgan fingerprint density at radius 1 is 1.08 bits per heavy atom. The number of aryl methyl sites for hydroxylation is 1. The molecule has 2 aromatic carbocycles. The van der Waals surface area contributed by atoms with Gasteiger partial charge in [0.25, 0.3) is 0 Å². The van der Waals surface area contributed by atoms with Crippen LogP contribution < -0.4 is 5.32 Å². The van der Waals surface area contributed by atoms with Crippen molar-refractivity contribution in [3.05, 3.63) is 59.8 Å². The van der Waals surface area contributed by atoms with E-state index in [1.54, 1.807) is 30.3 Å². The number of hydrogen-bond donors (Lipinski definition) is 1. The van der Waals surface area contributed by atoms with Crippen molar-refractivity contribution in [2.75, 3.05) is 13.1 Å². The summed E-state index contributed by atoms with van der Waals surface area (Å²) in [4.78, 5) is 0.705. The Bertz CT molecular complexity index is 1040. The molecule has 0 amide bonds. The molecule has 0 fully saturated rings. The Kier molecular flexibility index (Phi) is 3.93. The molecule has 1 aromatic heterocycles. The van der Waals surface area contributed by atoms with Gasteiger partial charge in [0.2, 0.25) is 9.84 Å². The fourth-order valence-electron chi connectivity index (χ4n) is 3.94. The molecule has 5 heteroatoms. The zero-order valence-corrected chi connectivity index (χ0v) is 15.3. The number of rotatable bonds is 2. The molecule has 0 radical (unpaired) electrons.